The van der Waals surface area contributed by atoms with E-state index in [1.807, 2.05) is 24.3 Å². The largest absolute Gasteiger partial charge is 0.345 e. The van der Waals surface area contributed by atoms with E-state index in [0.717, 1.165) is 16.9 Å². The van der Waals surface area contributed by atoms with Gasteiger partial charge in [-0.1, -0.05) is 12.1 Å². The van der Waals surface area contributed by atoms with E-state index in [9.17, 15) is 4.79 Å². The average Bonchev–Trinajstić information content (AvgIpc) is 2.83. The van der Waals surface area contributed by atoms with Crippen LogP contribution < -0.4 is 5.32 Å². The highest BCUT2D eigenvalue weighted by Crippen LogP contribution is 2.18. The Bertz CT molecular complexity index is 491. The second kappa shape index (κ2) is 5.01. The number of aromatic nitrogens is 2. The summed E-state index contributed by atoms with van der Waals surface area (Å²) in [5.74, 6) is -0.207. The monoisotopic (exact) mass is 249 g/mol. The second-order valence-corrected chi connectivity index (χ2v) is 4.30. The number of imidazole rings is 1. The van der Waals surface area contributed by atoms with Crippen LogP contribution in [-0.4, -0.2) is 21.3 Å². The summed E-state index contributed by atoms with van der Waals surface area (Å²) in [6.45, 7) is 1.63. The summed E-state index contributed by atoms with van der Waals surface area (Å²) in [4.78, 5) is 18.3. The molecule has 0 aliphatic heterocycles. The molecule has 0 radical (unpaired) electrons. The van der Waals surface area contributed by atoms with Gasteiger partial charge in [0.05, 0.1) is 18.2 Å². The molecule has 2 N–H and O–H groups in total. The van der Waals surface area contributed by atoms with E-state index in [4.69, 9.17) is 11.6 Å². The van der Waals surface area contributed by atoms with Crippen molar-refractivity contribution in [2.75, 3.05) is 5.32 Å². The van der Waals surface area contributed by atoms with Crippen molar-refractivity contribution in [1.82, 2.24) is 9.97 Å². The lowest BCUT2D eigenvalue weighted by molar-refractivity contribution is -0.115. The Balaban J connectivity index is 2.11. The highest BCUT2D eigenvalue weighted by atomic mass is 35.5. The average molecular weight is 250 g/mol. The molecule has 4 nitrogen and oxygen atoms in total. The first-order valence-electron chi connectivity index (χ1n) is 5.20. The van der Waals surface area contributed by atoms with Crippen LogP contribution in [-0.2, 0) is 4.79 Å². The zero-order valence-electron chi connectivity index (χ0n) is 9.27. The number of carbonyl (C=O) groups is 1. The van der Waals surface area contributed by atoms with Gasteiger partial charge in [-0.05, 0) is 24.6 Å². The highest BCUT2D eigenvalue weighted by Gasteiger charge is 2.08. The van der Waals surface area contributed by atoms with Crippen LogP contribution in [0, 0.1) is 0 Å². The predicted octanol–water partition coefficient (Wildman–Crippen LogP) is 2.64. The summed E-state index contributed by atoms with van der Waals surface area (Å²) in [6, 6.07) is 7.46. The van der Waals surface area contributed by atoms with E-state index in [-0.39, 0.29) is 5.91 Å². The Morgan fingerprint density at radius 1 is 1.41 bits per heavy atom. The SMILES string of the molecule is C[C@@H](Cl)C(=O)Nc1ccc(-c2cnc[nH]2)cc1. The molecule has 0 saturated heterocycles. The van der Waals surface area contributed by atoms with E-state index >= 15 is 0 Å². The summed E-state index contributed by atoms with van der Waals surface area (Å²) >= 11 is 5.67. The molecule has 0 aliphatic carbocycles. The Morgan fingerprint density at radius 3 is 2.65 bits per heavy atom. The molecule has 17 heavy (non-hydrogen) atoms. The van der Waals surface area contributed by atoms with Crippen molar-refractivity contribution in [3.63, 3.8) is 0 Å². The highest BCUT2D eigenvalue weighted by molar-refractivity contribution is 6.32. The molecule has 1 aromatic heterocycles. The molecule has 1 aromatic carbocycles. The predicted molar refractivity (Wildman–Crippen MR) is 68.0 cm³/mol. The number of H-pyrrole nitrogens is 1. The summed E-state index contributed by atoms with van der Waals surface area (Å²) in [5.41, 5.74) is 2.68. The number of hydrogen-bond acceptors (Lipinski definition) is 2. The maximum absolute atomic E-state index is 11.4. The third kappa shape index (κ3) is 2.85. The lowest BCUT2D eigenvalue weighted by atomic mass is 10.1. The molecule has 0 spiro atoms. The first-order valence-corrected chi connectivity index (χ1v) is 5.64. The summed E-state index contributed by atoms with van der Waals surface area (Å²) < 4.78 is 0. The molecule has 1 amide bonds. The summed E-state index contributed by atoms with van der Waals surface area (Å²) in [5, 5.41) is 2.18. The minimum absolute atomic E-state index is 0.207. The molecule has 0 aliphatic rings. The molecule has 1 heterocycles. The van der Waals surface area contributed by atoms with E-state index < -0.39 is 5.38 Å². The van der Waals surface area contributed by atoms with Crippen molar-refractivity contribution in [2.45, 2.75) is 12.3 Å². The fourth-order valence-corrected chi connectivity index (χ4v) is 1.44. The van der Waals surface area contributed by atoms with Crippen molar-refractivity contribution in [1.29, 1.82) is 0 Å². The van der Waals surface area contributed by atoms with Crippen LogP contribution in [0.1, 0.15) is 6.92 Å². The summed E-state index contributed by atoms with van der Waals surface area (Å²) in [7, 11) is 0. The van der Waals surface area contributed by atoms with Crippen molar-refractivity contribution < 1.29 is 4.79 Å². The molecule has 0 fully saturated rings. The maximum Gasteiger partial charge on any atom is 0.242 e. The van der Waals surface area contributed by atoms with E-state index in [2.05, 4.69) is 15.3 Å². The van der Waals surface area contributed by atoms with Crippen LogP contribution in [0.15, 0.2) is 36.8 Å². The lowest BCUT2D eigenvalue weighted by Gasteiger charge is -2.06. The topological polar surface area (TPSA) is 57.8 Å². The lowest BCUT2D eigenvalue weighted by Crippen LogP contribution is -2.20. The number of carbonyl (C=O) groups excluding carboxylic acids is 1. The second-order valence-electron chi connectivity index (χ2n) is 3.65. The van der Waals surface area contributed by atoms with Gasteiger partial charge in [0, 0.05) is 5.69 Å². The van der Waals surface area contributed by atoms with Crippen LogP contribution in [0.2, 0.25) is 0 Å². The molecular formula is C12H12ClN3O. The Morgan fingerprint density at radius 2 is 2.12 bits per heavy atom. The quantitative estimate of drug-likeness (QED) is 0.822. The van der Waals surface area contributed by atoms with Gasteiger partial charge >= 0.3 is 0 Å². The molecule has 88 valence electrons. The number of nitrogens with one attached hydrogen (secondary N) is 2. The van der Waals surface area contributed by atoms with Gasteiger partial charge in [0.15, 0.2) is 0 Å². The molecule has 2 aromatic rings. The van der Waals surface area contributed by atoms with Crippen molar-refractivity contribution in [3.8, 4) is 11.3 Å². The van der Waals surface area contributed by atoms with Crippen LogP contribution in [0.25, 0.3) is 11.3 Å². The summed E-state index contributed by atoms with van der Waals surface area (Å²) in [6.07, 6.45) is 3.37. The minimum atomic E-state index is -0.540. The number of aromatic amines is 1. The molecular weight excluding hydrogens is 238 g/mol. The van der Waals surface area contributed by atoms with Crippen molar-refractivity contribution in [2.24, 2.45) is 0 Å². The Kier molecular flexibility index (Phi) is 3.44. The number of anilines is 1. The van der Waals surface area contributed by atoms with Crippen LogP contribution in [0.5, 0.6) is 0 Å². The van der Waals surface area contributed by atoms with Gasteiger partial charge in [-0.25, -0.2) is 4.98 Å². The molecule has 1 atom stereocenters. The van der Waals surface area contributed by atoms with Gasteiger partial charge in [0.2, 0.25) is 5.91 Å². The first kappa shape index (κ1) is 11.7. The zero-order valence-corrected chi connectivity index (χ0v) is 10.0. The molecule has 0 bridgehead atoms. The maximum atomic E-state index is 11.4. The third-order valence-electron chi connectivity index (χ3n) is 2.32. The third-order valence-corrected chi connectivity index (χ3v) is 2.52. The number of alkyl halides is 1. The molecule has 0 unspecified atom stereocenters. The van der Waals surface area contributed by atoms with Crippen LogP contribution in [0.3, 0.4) is 0 Å². The standard InChI is InChI=1S/C12H12ClN3O/c1-8(13)12(17)16-10-4-2-9(3-5-10)11-6-14-7-15-11/h2-8H,1H3,(H,14,15)(H,16,17)/t8-/m1/s1. The van der Waals surface area contributed by atoms with Gasteiger partial charge in [-0.3, -0.25) is 4.79 Å². The van der Waals surface area contributed by atoms with Gasteiger partial charge in [-0.2, -0.15) is 0 Å². The molecule has 5 heteroatoms. The van der Waals surface area contributed by atoms with E-state index in [0.29, 0.717) is 0 Å². The zero-order chi connectivity index (χ0) is 12.3. The Labute approximate surface area is 104 Å². The fraction of sp³-hybridized carbons (Fsp3) is 0.167. The minimum Gasteiger partial charge on any atom is -0.345 e. The normalized spacial score (nSPS) is 12.1. The number of hydrogen-bond donors (Lipinski definition) is 2. The van der Waals surface area contributed by atoms with Gasteiger partial charge in [-0.15, -0.1) is 11.6 Å². The van der Waals surface area contributed by atoms with Crippen LogP contribution >= 0.6 is 11.6 Å². The van der Waals surface area contributed by atoms with E-state index in [1.165, 1.54) is 0 Å². The fourth-order valence-electron chi connectivity index (χ4n) is 1.39. The molecule has 0 saturated carbocycles. The number of benzene rings is 1. The van der Waals surface area contributed by atoms with Gasteiger partial charge in [0.1, 0.15) is 5.38 Å². The van der Waals surface area contributed by atoms with Crippen molar-refractivity contribution in [3.05, 3.63) is 36.8 Å². The first-order chi connectivity index (χ1) is 8.16. The van der Waals surface area contributed by atoms with E-state index in [1.54, 1.807) is 19.4 Å². The number of halogens is 1. The van der Waals surface area contributed by atoms with Crippen molar-refractivity contribution >= 4 is 23.2 Å². The number of rotatable bonds is 3. The van der Waals surface area contributed by atoms with Crippen LogP contribution in [0.4, 0.5) is 5.69 Å². The molecule has 2 rings (SSSR count). The van der Waals surface area contributed by atoms with Gasteiger partial charge in [0.25, 0.3) is 0 Å². The number of nitrogens with zero attached hydrogens (tertiary/aromatic N) is 1. The smallest absolute Gasteiger partial charge is 0.242 e. The van der Waals surface area contributed by atoms with Gasteiger partial charge < -0.3 is 10.3 Å². The Hall–Kier alpha value is -1.81. The number of amides is 1.